The third-order valence-corrected chi connectivity index (χ3v) is 4.31. The minimum atomic E-state index is 0.0970. The van der Waals surface area contributed by atoms with Crippen LogP contribution in [0.15, 0.2) is 18.2 Å². The maximum Gasteiger partial charge on any atom is 0.0595 e. The van der Waals surface area contributed by atoms with E-state index in [1.165, 1.54) is 19.3 Å². The summed E-state index contributed by atoms with van der Waals surface area (Å²) in [6.07, 6.45) is 3.74. The largest absolute Gasteiger partial charge is 0.324 e. The predicted molar refractivity (Wildman–Crippen MR) is 69.9 cm³/mol. The van der Waals surface area contributed by atoms with Gasteiger partial charge in [0.05, 0.1) is 10.0 Å². The van der Waals surface area contributed by atoms with E-state index in [0.717, 1.165) is 11.5 Å². The van der Waals surface area contributed by atoms with Crippen molar-refractivity contribution >= 4 is 23.2 Å². The van der Waals surface area contributed by atoms with E-state index in [1.54, 1.807) is 0 Å². The molecule has 1 saturated carbocycles. The summed E-state index contributed by atoms with van der Waals surface area (Å²) in [6.45, 7) is 2.29. The van der Waals surface area contributed by atoms with Gasteiger partial charge in [-0.05, 0) is 42.4 Å². The van der Waals surface area contributed by atoms with E-state index in [-0.39, 0.29) is 6.04 Å². The van der Waals surface area contributed by atoms with Gasteiger partial charge in [-0.1, -0.05) is 42.6 Å². The van der Waals surface area contributed by atoms with Crippen LogP contribution in [0.3, 0.4) is 0 Å². The van der Waals surface area contributed by atoms with Crippen LogP contribution in [-0.4, -0.2) is 0 Å². The Labute approximate surface area is 107 Å². The molecule has 2 rings (SSSR count). The van der Waals surface area contributed by atoms with Gasteiger partial charge in [0.1, 0.15) is 0 Å². The zero-order valence-corrected chi connectivity index (χ0v) is 10.9. The molecule has 0 amide bonds. The standard InChI is InChI=1S/C13H17Cl2N/c1-8-2-3-9(6-8)13(16)10-4-5-11(14)12(15)7-10/h4-5,7-9,13H,2-3,6,16H2,1H3. The van der Waals surface area contributed by atoms with Crippen molar-refractivity contribution < 1.29 is 0 Å². The summed E-state index contributed by atoms with van der Waals surface area (Å²) in [5.41, 5.74) is 7.38. The van der Waals surface area contributed by atoms with Gasteiger partial charge in [-0.15, -0.1) is 0 Å². The number of hydrogen-bond donors (Lipinski definition) is 1. The molecular formula is C13H17Cl2N. The minimum absolute atomic E-state index is 0.0970. The highest BCUT2D eigenvalue weighted by Crippen LogP contribution is 2.38. The first-order valence-electron chi connectivity index (χ1n) is 5.78. The van der Waals surface area contributed by atoms with Gasteiger partial charge in [-0.2, -0.15) is 0 Å². The zero-order chi connectivity index (χ0) is 11.7. The Balaban J connectivity index is 2.14. The first-order chi connectivity index (χ1) is 7.58. The molecule has 1 aromatic carbocycles. The van der Waals surface area contributed by atoms with Crippen molar-refractivity contribution in [2.24, 2.45) is 17.6 Å². The summed E-state index contributed by atoms with van der Waals surface area (Å²) < 4.78 is 0. The molecule has 3 unspecified atom stereocenters. The predicted octanol–water partition coefficient (Wildman–Crippen LogP) is 4.43. The van der Waals surface area contributed by atoms with Crippen LogP contribution >= 0.6 is 23.2 Å². The normalized spacial score (nSPS) is 27.0. The van der Waals surface area contributed by atoms with Gasteiger partial charge in [-0.3, -0.25) is 0 Å². The molecule has 1 nitrogen and oxygen atoms in total. The van der Waals surface area contributed by atoms with Crippen LogP contribution in [0, 0.1) is 11.8 Å². The molecule has 0 radical (unpaired) electrons. The average Bonchev–Trinajstić information content (AvgIpc) is 2.68. The van der Waals surface area contributed by atoms with Gasteiger partial charge >= 0.3 is 0 Å². The quantitative estimate of drug-likeness (QED) is 0.834. The zero-order valence-electron chi connectivity index (χ0n) is 9.42. The Morgan fingerprint density at radius 3 is 2.56 bits per heavy atom. The lowest BCUT2D eigenvalue weighted by Crippen LogP contribution is -2.19. The first kappa shape index (κ1) is 12.2. The van der Waals surface area contributed by atoms with Gasteiger partial charge in [0, 0.05) is 6.04 Å². The summed E-state index contributed by atoms with van der Waals surface area (Å²) in [5, 5.41) is 1.19. The number of nitrogens with two attached hydrogens (primary N) is 1. The van der Waals surface area contributed by atoms with Gasteiger partial charge in [-0.25, -0.2) is 0 Å². The van der Waals surface area contributed by atoms with Gasteiger partial charge in [0.25, 0.3) is 0 Å². The molecule has 0 spiro atoms. The molecular weight excluding hydrogens is 241 g/mol. The summed E-state index contributed by atoms with van der Waals surface area (Å²) in [4.78, 5) is 0. The Hall–Kier alpha value is -0.240. The number of halogens is 2. The summed E-state index contributed by atoms with van der Waals surface area (Å²) >= 11 is 11.9. The fraction of sp³-hybridized carbons (Fsp3) is 0.538. The summed E-state index contributed by atoms with van der Waals surface area (Å²) in [7, 11) is 0. The summed E-state index contributed by atoms with van der Waals surface area (Å²) in [6, 6.07) is 5.82. The van der Waals surface area contributed by atoms with Crippen molar-refractivity contribution in [3.05, 3.63) is 33.8 Å². The molecule has 3 atom stereocenters. The average molecular weight is 258 g/mol. The first-order valence-corrected chi connectivity index (χ1v) is 6.54. The Bertz CT molecular complexity index is 378. The maximum absolute atomic E-state index is 6.28. The van der Waals surface area contributed by atoms with Gasteiger partial charge < -0.3 is 5.73 Å². The van der Waals surface area contributed by atoms with E-state index in [9.17, 15) is 0 Å². The SMILES string of the molecule is CC1CCC(C(N)c2ccc(Cl)c(Cl)c2)C1. The molecule has 0 aromatic heterocycles. The Morgan fingerprint density at radius 1 is 1.25 bits per heavy atom. The second-order valence-electron chi connectivity index (χ2n) is 4.88. The number of hydrogen-bond acceptors (Lipinski definition) is 1. The maximum atomic E-state index is 6.28. The third-order valence-electron chi connectivity index (χ3n) is 3.57. The van der Waals surface area contributed by atoms with Crippen molar-refractivity contribution in [2.45, 2.75) is 32.2 Å². The van der Waals surface area contributed by atoms with E-state index in [0.29, 0.717) is 16.0 Å². The Morgan fingerprint density at radius 2 is 2.00 bits per heavy atom. The van der Waals surface area contributed by atoms with Crippen LogP contribution in [0.5, 0.6) is 0 Å². The highest BCUT2D eigenvalue weighted by molar-refractivity contribution is 6.42. The summed E-state index contributed by atoms with van der Waals surface area (Å²) in [5.74, 6) is 1.39. The van der Waals surface area contributed by atoms with Crippen molar-refractivity contribution in [1.29, 1.82) is 0 Å². The van der Waals surface area contributed by atoms with Crippen molar-refractivity contribution in [1.82, 2.24) is 0 Å². The number of benzene rings is 1. The Kier molecular flexibility index (Phi) is 3.78. The van der Waals surface area contributed by atoms with E-state index in [4.69, 9.17) is 28.9 Å². The van der Waals surface area contributed by atoms with Crippen LogP contribution in [0.25, 0.3) is 0 Å². The van der Waals surface area contributed by atoms with Crippen LogP contribution < -0.4 is 5.73 Å². The van der Waals surface area contributed by atoms with E-state index < -0.39 is 0 Å². The molecule has 1 aliphatic carbocycles. The van der Waals surface area contributed by atoms with Gasteiger partial charge in [0.15, 0.2) is 0 Å². The third kappa shape index (κ3) is 2.53. The number of rotatable bonds is 2. The molecule has 16 heavy (non-hydrogen) atoms. The monoisotopic (exact) mass is 257 g/mol. The van der Waals surface area contributed by atoms with Crippen molar-refractivity contribution in [3.8, 4) is 0 Å². The highest BCUT2D eigenvalue weighted by Gasteiger charge is 2.27. The fourth-order valence-corrected chi connectivity index (χ4v) is 2.88. The van der Waals surface area contributed by atoms with Crippen LogP contribution in [0.2, 0.25) is 10.0 Å². The van der Waals surface area contributed by atoms with E-state index in [2.05, 4.69) is 6.92 Å². The van der Waals surface area contributed by atoms with E-state index in [1.807, 2.05) is 18.2 Å². The lowest BCUT2D eigenvalue weighted by molar-refractivity contribution is 0.429. The van der Waals surface area contributed by atoms with Crippen LogP contribution in [0.4, 0.5) is 0 Å². The second-order valence-corrected chi connectivity index (χ2v) is 5.69. The molecule has 0 bridgehead atoms. The van der Waals surface area contributed by atoms with E-state index >= 15 is 0 Å². The molecule has 3 heteroatoms. The van der Waals surface area contributed by atoms with Crippen molar-refractivity contribution in [2.75, 3.05) is 0 Å². The van der Waals surface area contributed by atoms with Gasteiger partial charge in [0.2, 0.25) is 0 Å². The molecule has 2 N–H and O–H groups in total. The topological polar surface area (TPSA) is 26.0 Å². The van der Waals surface area contributed by atoms with Crippen LogP contribution in [-0.2, 0) is 0 Å². The lowest BCUT2D eigenvalue weighted by atomic mass is 9.92. The van der Waals surface area contributed by atoms with Crippen molar-refractivity contribution in [3.63, 3.8) is 0 Å². The molecule has 1 fully saturated rings. The fourth-order valence-electron chi connectivity index (χ4n) is 2.57. The second kappa shape index (κ2) is 4.95. The minimum Gasteiger partial charge on any atom is -0.324 e. The molecule has 0 saturated heterocycles. The highest BCUT2D eigenvalue weighted by atomic mass is 35.5. The smallest absolute Gasteiger partial charge is 0.0595 e. The molecule has 0 heterocycles. The molecule has 1 aromatic rings. The molecule has 1 aliphatic rings. The molecule has 0 aliphatic heterocycles. The molecule has 88 valence electrons. The lowest BCUT2D eigenvalue weighted by Gasteiger charge is -2.20. The van der Waals surface area contributed by atoms with Crippen LogP contribution in [0.1, 0.15) is 37.8 Å².